The van der Waals surface area contributed by atoms with Gasteiger partial charge >= 0.3 is 29.6 Å². The molecule has 0 saturated heterocycles. The smallest absolute Gasteiger partial charge is 0.744 e. The SMILES string of the molecule is CC(C)(C)c1c(S(=O)(=O)[O-])ccc2ccccc12.[Na+]. The summed E-state index contributed by atoms with van der Waals surface area (Å²) in [5, 5.41) is 1.76. The van der Waals surface area contributed by atoms with Crippen LogP contribution in [0.5, 0.6) is 0 Å². The van der Waals surface area contributed by atoms with Crippen LogP contribution in [0.2, 0.25) is 0 Å². The fourth-order valence-electron chi connectivity index (χ4n) is 2.23. The van der Waals surface area contributed by atoms with Gasteiger partial charge in [0.25, 0.3) is 0 Å². The number of hydrogen-bond acceptors (Lipinski definition) is 3. The quantitative estimate of drug-likeness (QED) is 0.549. The first-order valence-electron chi connectivity index (χ1n) is 5.69. The molecule has 2 aromatic rings. The summed E-state index contributed by atoms with van der Waals surface area (Å²) in [4.78, 5) is -0.117. The summed E-state index contributed by atoms with van der Waals surface area (Å²) in [5.74, 6) is 0. The fraction of sp³-hybridized carbons (Fsp3) is 0.286. The Kier molecular flexibility index (Phi) is 4.86. The van der Waals surface area contributed by atoms with E-state index in [1.807, 2.05) is 45.0 Å². The molecule has 3 nitrogen and oxygen atoms in total. The molecule has 0 aliphatic rings. The average molecular weight is 286 g/mol. The second-order valence-corrected chi connectivity index (χ2v) is 6.71. The molecule has 0 bridgehead atoms. The van der Waals surface area contributed by atoms with Crippen LogP contribution in [-0.2, 0) is 15.5 Å². The normalized spacial score (nSPS) is 12.2. The minimum atomic E-state index is -4.46. The molecule has 96 valence electrons. The molecule has 0 fully saturated rings. The molecule has 2 aromatic carbocycles. The van der Waals surface area contributed by atoms with Crippen LogP contribution < -0.4 is 29.6 Å². The number of rotatable bonds is 1. The summed E-state index contributed by atoms with van der Waals surface area (Å²) >= 11 is 0. The van der Waals surface area contributed by atoms with E-state index in [1.54, 1.807) is 6.07 Å². The van der Waals surface area contributed by atoms with E-state index in [4.69, 9.17) is 0 Å². The Morgan fingerprint density at radius 2 is 1.58 bits per heavy atom. The Hall–Kier alpha value is -0.390. The molecule has 0 amide bonds. The third-order valence-electron chi connectivity index (χ3n) is 2.91. The zero-order valence-corrected chi connectivity index (χ0v) is 14.4. The molecular formula is C14H15NaO3S. The van der Waals surface area contributed by atoms with Crippen LogP contribution in [-0.4, -0.2) is 13.0 Å². The molecule has 0 saturated carbocycles. The van der Waals surface area contributed by atoms with Crippen molar-refractivity contribution in [3.63, 3.8) is 0 Å². The first kappa shape index (κ1) is 16.7. The van der Waals surface area contributed by atoms with E-state index >= 15 is 0 Å². The van der Waals surface area contributed by atoms with Crippen molar-refractivity contribution in [3.8, 4) is 0 Å². The number of fused-ring (bicyclic) bond motifs is 1. The predicted octanol–water partition coefficient (Wildman–Crippen LogP) is 0.0454. The van der Waals surface area contributed by atoms with Gasteiger partial charge in [-0.25, -0.2) is 8.42 Å². The van der Waals surface area contributed by atoms with Gasteiger partial charge in [-0.2, -0.15) is 0 Å². The summed E-state index contributed by atoms with van der Waals surface area (Å²) in [6.45, 7) is 5.72. The van der Waals surface area contributed by atoms with Crippen LogP contribution in [0.3, 0.4) is 0 Å². The van der Waals surface area contributed by atoms with Crippen molar-refractivity contribution in [3.05, 3.63) is 42.0 Å². The maximum atomic E-state index is 11.4. The van der Waals surface area contributed by atoms with Gasteiger partial charge in [-0.1, -0.05) is 51.1 Å². The van der Waals surface area contributed by atoms with Gasteiger partial charge < -0.3 is 4.55 Å². The van der Waals surface area contributed by atoms with Gasteiger partial charge in [-0.05, 0) is 27.8 Å². The predicted molar refractivity (Wildman–Crippen MR) is 70.6 cm³/mol. The zero-order valence-electron chi connectivity index (χ0n) is 11.6. The Labute approximate surface area is 136 Å². The van der Waals surface area contributed by atoms with E-state index < -0.39 is 15.5 Å². The van der Waals surface area contributed by atoms with Crippen molar-refractivity contribution in [2.45, 2.75) is 31.1 Å². The zero-order chi connectivity index (χ0) is 13.6. The summed E-state index contributed by atoms with van der Waals surface area (Å²) in [6, 6.07) is 10.6. The molecule has 0 spiro atoms. The van der Waals surface area contributed by atoms with Crippen LogP contribution >= 0.6 is 0 Å². The summed E-state index contributed by atoms with van der Waals surface area (Å²) in [7, 11) is -4.46. The molecule has 0 N–H and O–H groups in total. The summed E-state index contributed by atoms with van der Waals surface area (Å²) in [6.07, 6.45) is 0. The van der Waals surface area contributed by atoms with E-state index in [9.17, 15) is 13.0 Å². The van der Waals surface area contributed by atoms with Gasteiger partial charge in [0.1, 0.15) is 10.1 Å². The third kappa shape index (κ3) is 3.38. The Bertz CT molecular complexity index is 700. The van der Waals surface area contributed by atoms with Crippen LogP contribution in [0, 0.1) is 0 Å². The Morgan fingerprint density at radius 3 is 2.11 bits per heavy atom. The van der Waals surface area contributed by atoms with E-state index in [0.29, 0.717) is 5.56 Å². The first-order valence-corrected chi connectivity index (χ1v) is 7.10. The van der Waals surface area contributed by atoms with E-state index in [0.717, 1.165) is 10.8 Å². The summed E-state index contributed by atoms with van der Waals surface area (Å²) < 4.78 is 34.2. The van der Waals surface area contributed by atoms with Gasteiger partial charge in [0.15, 0.2) is 0 Å². The molecule has 19 heavy (non-hydrogen) atoms. The number of benzene rings is 2. The molecule has 0 atom stereocenters. The molecule has 0 aromatic heterocycles. The van der Waals surface area contributed by atoms with Gasteiger partial charge in [0.05, 0.1) is 4.90 Å². The summed E-state index contributed by atoms with van der Waals surface area (Å²) in [5.41, 5.74) is 0.184. The molecule has 0 heterocycles. The molecule has 0 aliphatic heterocycles. The van der Waals surface area contributed by atoms with Gasteiger partial charge in [-0.3, -0.25) is 0 Å². The second kappa shape index (κ2) is 5.54. The maximum Gasteiger partial charge on any atom is 1.00 e. The van der Waals surface area contributed by atoms with Gasteiger partial charge in [-0.15, -0.1) is 0 Å². The van der Waals surface area contributed by atoms with Crippen molar-refractivity contribution < 1.29 is 42.5 Å². The fourth-order valence-corrected chi connectivity index (χ4v) is 3.13. The van der Waals surface area contributed by atoms with Crippen LogP contribution in [0.15, 0.2) is 41.3 Å². The molecule has 0 radical (unpaired) electrons. The number of hydrogen-bond donors (Lipinski definition) is 0. The Balaban J connectivity index is 0.00000180. The van der Waals surface area contributed by atoms with Crippen LogP contribution in [0.25, 0.3) is 10.8 Å². The molecule has 0 aliphatic carbocycles. The van der Waals surface area contributed by atoms with E-state index in [1.165, 1.54) is 6.07 Å². The molecule has 0 unspecified atom stereocenters. The first-order chi connectivity index (χ1) is 8.21. The monoisotopic (exact) mass is 286 g/mol. The van der Waals surface area contributed by atoms with Crippen molar-refractivity contribution in [2.75, 3.05) is 0 Å². The van der Waals surface area contributed by atoms with Crippen molar-refractivity contribution in [1.29, 1.82) is 0 Å². The third-order valence-corrected chi connectivity index (χ3v) is 3.79. The maximum absolute atomic E-state index is 11.4. The van der Waals surface area contributed by atoms with E-state index in [-0.39, 0.29) is 34.5 Å². The van der Waals surface area contributed by atoms with Gasteiger partial charge in [0.2, 0.25) is 0 Å². The van der Waals surface area contributed by atoms with Crippen molar-refractivity contribution >= 4 is 20.9 Å². The molecular weight excluding hydrogens is 271 g/mol. The average Bonchev–Trinajstić information content (AvgIpc) is 2.24. The Morgan fingerprint density at radius 1 is 1.00 bits per heavy atom. The van der Waals surface area contributed by atoms with E-state index in [2.05, 4.69) is 0 Å². The van der Waals surface area contributed by atoms with Crippen molar-refractivity contribution in [1.82, 2.24) is 0 Å². The molecule has 2 rings (SSSR count). The minimum Gasteiger partial charge on any atom is -0.744 e. The van der Waals surface area contributed by atoms with Crippen LogP contribution in [0.4, 0.5) is 0 Å². The van der Waals surface area contributed by atoms with Gasteiger partial charge in [0, 0.05) is 0 Å². The molecule has 5 heteroatoms. The second-order valence-electron chi connectivity index (χ2n) is 5.36. The minimum absolute atomic E-state index is 0. The standard InChI is InChI=1S/C14H16O3S.Na/c1-14(2,3)13-11-7-5-4-6-10(11)8-9-12(13)18(15,16)17;/h4-9H,1-3H3,(H,15,16,17);/q;+1/p-1. The van der Waals surface area contributed by atoms with Crippen LogP contribution in [0.1, 0.15) is 26.3 Å². The largest absolute Gasteiger partial charge is 1.00 e. The topological polar surface area (TPSA) is 57.2 Å². The van der Waals surface area contributed by atoms with Crippen molar-refractivity contribution in [2.24, 2.45) is 0 Å².